The summed E-state index contributed by atoms with van der Waals surface area (Å²) in [6.45, 7) is 5.12. The van der Waals surface area contributed by atoms with E-state index in [-0.39, 0.29) is 23.2 Å². The molecule has 0 spiro atoms. The molecule has 6 nitrogen and oxygen atoms in total. The highest BCUT2D eigenvalue weighted by Gasteiger charge is 2.36. The lowest BCUT2D eigenvalue weighted by atomic mass is 9.78. The van der Waals surface area contributed by atoms with Crippen LogP contribution in [0.4, 0.5) is 10.1 Å². The van der Waals surface area contributed by atoms with Gasteiger partial charge in [0.1, 0.15) is 5.82 Å². The van der Waals surface area contributed by atoms with Crippen LogP contribution in [0.15, 0.2) is 59.6 Å². The van der Waals surface area contributed by atoms with E-state index in [2.05, 4.69) is 19.1 Å². The molecule has 3 aromatic rings. The second-order valence-electron chi connectivity index (χ2n) is 10.0. The average Bonchev–Trinajstić information content (AvgIpc) is 3.30. The molecule has 192 valence electrons. The maximum atomic E-state index is 14.3. The van der Waals surface area contributed by atoms with E-state index >= 15 is 0 Å². The number of benzene rings is 3. The number of carbonyl (C=O) groups is 1. The lowest BCUT2D eigenvalue weighted by Crippen LogP contribution is -2.40. The van der Waals surface area contributed by atoms with Gasteiger partial charge in [-0.15, -0.1) is 0 Å². The molecule has 0 fully saturated rings. The number of methoxy groups -OCH3 is 1. The molecule has 2 N–H and O–H groups in total. The van der Waals surface area contributed by atoms with E-state index in [0.717, 1.165) is 40.1 Å². The van der Waals surface area contributed by atoms with E-state index in [1.165, 1.54) is 12.7 Å². The summed E-state index contributed by atoms with van der Waals surface area (Å²) in [6.07, 6.45) is 0.465. The number of fused-ring (bicyclic) bond motifs is 3. The van der Waals surface area contributed by atoms with Crippen LogP contribution in [0, 0.1) is 18.7 Å². The molecule has 2 unspecified atom stereocenters. The molecule has 2 aliphatic rings. The number of halogens is 1. The second kappa shape index (κ2) is 10.2. The van der Waals surface area contributed by atoms with E-state index in [9.17, 15) is 19.4 Å². The Kier molecular flexibility index (Phi) is 6.94. The minimum Gasteiger partial charge on any atom is -0.478 e. The lowest BCUT2D eigenvalue weighted by Gasteiger charge is -2.32. The van der Waals surface area contributed by atoms with Gasteiger partial charge in [0, 0.05) is 26.1 Å². The molecular weight excluding hydrogens is 471 g/mol. The number of aliphatic imine (C=N–C) groups is 1. The van der Waals surface area contributed by atoms with E-state index < -0.39 is 12.4 Å². The maximum Gasteiger partial charge on any atom is 0.335 e. The number of hydrogen-bond acceptors (Lipinski definition) is 5. The normalized spacial score (nSPS) is 18.6. The molecule has 0 amide bonds. The molecule has 5 rings (SSSR count). The Morgan fingerprint density at radius 3 is 2.62 bits per heavy atom. The molecule has 3 aromatic carbocycles. The van der Waals surface area contributed by atoms with Gasteiger partial charge < -0.3 is 14.9 Å². The van der Waals surface area contributed by atoms with Crippen LogP contribution in [-0.4, -0.2) is 46.9 Å². The fourth-order valence-electron chi connectivity index (χ4n) is 5.57. The van der Waals surface area contributed by atoms with Gasteiger partial charge in [-0.2, -0.15) is 0 Å². The van der Waals surface area contributed by atoms with E-state index in [0.29, 0.717) is 25.1 Å². The van der Waals surface area contributed by atoms with Crippen molar-refractivity contribution in [2.24, 2.45) is 10.9 Å². The fourth-order valence-corrected chi connectivity index (χ4v) is 5.57. The quantitative estimate of drug-likeness (QED) is 0.434. The first-order valence-corrected chi connectivity index (χ1v) is 12.5. The molecule has 3 atom stereocenters. The van der Waals surface area contributed by atoms with Gasteiger partial charge in [0.25, 0.3) is 0 Å². The van der Waals surface area contributed by atoms with Gasteiger partial charge in [0.2, 0.25) is 6.41 Å². The topological polar surface area (TPSA) is 82.4 Å². The zero-order valence-corrected chi connectivity index (χ0v) is 21.2. The van der Waals surface area contributed by atoms with Crippen LogP contribution in [0.1, 0.15) is 56.6 Å². The van der Waals surface area contributed by atoms with E-state index in [1.807, 2.05) is 29.2 Å². The summed E-state index contributed by atoms with van der Waals surface area (Å²) < 4.78 is 19.5. The van der Waals surface area contributed by atoms with Crippen molar-refractivity contribution in [3.05, 3.63) is 99.4 Å². The number of aromatic carboxylic acids is 1. The van der Waals surface area contributed by atoms with Gasteiger partial charge in [-0.25, -0.2) is 9.18 Å². The summed E-state index contributed by atoms with van der Waals surface area (Å²) in [5, 5.41) is 19.6. The summed E-state index contributed by atoms with van der Waals surface area (Å²) >= 11 is 0. The first-order chi connectivity index (χ1) is 17.8. The number of aryl methyl sites for hydroxylation is 1. The van der Waals surface area contributed by atoms with E-state index in [4.69, 9.17) is 9.73 Å². The predicted octanol–water partition coefficient (Wildman–Crippen LogP) is 5.21. The average molecular weight is 503 g/mol. The molecule has 0 bridgehead atoms. The van der Waals surface area contributed by atoms with Gasteiger partial charge in [-0.3, -0.25) is 9.89 Å². The number of aliphatic hydroxyl groups is 1. The summed E-state index contributed by atoms with van der Waals surface area (Å²) in [6, 6.07) is 16.5. The number of carboxylic acid groups (broad SMARTS) is 1. The fraction of sp³-hybridized carbons (Fsp3) is 0.333. The van der Waals surface area contributed by atoms with Crippen molar-refractivity contribution in [3.8, 4) is 0 Å². The minimum atomic E-state index is -0.983. The summed E-state index contributed by atoms with van der Waals surface area (Å²) in [5.74, 6) is -1.13. The molecule has 0 aliphatic carbocycles. The summed E-state index contributed by atoms with van der Waals surface area (Å²) in [5.41, 5.74) is 7.82. The second-order valence-corrected chi connectivity index (χ2v) is 10.0. The van der Waals surface area contributed by atoms with E-state index in [1.54, 1.807) is 25.1 Å². The third kappa shape index (κ3) is 4.82. The zero-order valence-electron chi connectivity index (χ0n) is 21.2. The van der Waals surface area contributed by atoms with Crippen molar-refractivity contribution in [1.29, 1.82) is 0 Å². The van der Waals surface area contributed by atoms with Crippen LogP contribution < -0.4 is 0 Å². The Balaban J connectivity index is 1.57. The van der Waals surface area contributed by atoms with Crippen molar-refractivity contribution >= 4 is 17.4 Å². The molecular formula is C30H31FN2O4. The molecule has 0 saturated heterocycles. The summed E-state index contributed by atoms with van der Waals surface area (Å²) in [7, 11) is 1.48. The van der Waals surface area contributed by atoms with Gasteiger partial charge in [-0.05, 0) is 77.3 Å². The molecule has 2 heterocycles. The first kappa shape index (κ1) is 25.3. The monoisotopic (exact) mass is 502 g/mol. The molecule has 0 aromatic heterocycles. The number of rotatable bonds is 7. The molecule has 2 aliphatic heterocycles. The van der Waals surface area contributed by atoms with Crippen molar-refractivity contribution in [1.82, 2.24) is 4.90 Å². The van der Waals surface area contributed by atoms with Crippen LogP contribution in [0.2, 0.25) is 0 Å². The largest absolute Gasteiger partial charge is 0.478 e. The van der Waals surface area contributed by atoms with Crippen LogP contribution in [0.3, 0.4) is 0 Å². The minimum absolute atomic E-state index is 0.0527. The van der Waals surface area contributed by atoms with Crippen molar-refractivity contribution in [3.63, 3.8) is 0 Å². The highest BCUT2D eigenvalue weighted by molar-refractivity contribution is 6.10. The van der Waals surface area contributed by atoms with Crippen molar-refractivity contribution in [2.75, 3.05) is 13.7 Å². The summed E-state index contributed by atoms with van der Waals surface area (Å²) in [4.78, 5) is 18.4. The van der Waals surface area contributed by atoms with Crippen LogP contribution in [0.5, 0.6) is 0 Å². The predicted molar refractivity (Wildman–Crippen MR) is 140 cm³/mol. The Labute approximate surface area is 216 Å². The molecule has 0 radical (unpaired) electrons. The van der Waals surface area contributed by atoms with Crippen LogP contribution in [-0.2, 0) is 24.1 Å². The Hall–Kier alpha value is -3.39. The third-order valence-corrected chi connectivity index (χ3v) is 7.62. The van der Waals surface area contributed by atoms with Crippen molar-refractivity contribution in [2.45, 2.75) is 45.6 Å². The molecule has 37 heavy (non-hydrogen) atoms. The number of hydrogen-bond donors (Lipinski definition) is 2. The number of ether oxygens (including phenoxy) is 1. The Bertz CT molecular complexity index is 1370. The highest BCUT2D eigenvalue weighted by atomic mass is 19.1. The Morgan fingerprint density at radius 2 is 1.95 bits per heavy atom. The smallest absolute Gasteiger partial charge is 0.335 e. The number of aliphatic hydroxyl groups excluding tert-OH is 1. The van der Waals surface area contributed by atoms with Gasteiger partial charge in [-0.1, -0.05) is 43.3 Å². The number of carboxylic acids is 1. The van der Waals surface area contributed by atoms with Gasteiger partial charge in [0.15, 0.2) is 0 Å². The first-order valence-electron chi connectivity index (χ1n) is 12.5. The SMILES string of the molecule is COC(O)N1CCc2ccc3c(c2C1)N=C(c1ccc(C(=O)O)cc1)C3[C@@H](C)Cc1ccc(C)c(F)c1. The molecule has 7 heteroatoms. The van der Waals surface area contributed by atoms with Gasteiger partial charge in [0.05, 0.1) is 17.0 Å². The molecule has 0 saturated carbocycles. The van der Waals surface area contributed by atoms with Crippen LogP contribution >= 0.6 is 0 Å². The third-order valence-electron chi connectivity index (χ3n) is 7.62. The maximum absolute atomic E-state index is 14.3. The standard InChI is InChI=1S/C30H31FN2O4/c1-17-4-5-19(15-25(17)31)14-18(2)26-23-11-10-20-12-13-33(30(36)37-3)16-24(20)28(23)32-27(26)21-6-8-22(9-7-21)29(34)35/h4-11,15,18,26,30,36H,12-14,16H2,1-3H3,(H,34,35)/t18-,26?,30?/m0/s1. The number of nitrogens with zero attached hydrogens (tertiary/aromatic N) is 2. The van der Waals surface area contributed by atoms with Gasteiger partial charge >= 0.3 is 5.97 Å². The lowest BCUT2D eigenvalue weighted by molar-refractivity contribution is -0.181. The van der Waals surface area contributed by atoms with Crippen molar-refractivity contribution < 1.29 is 24.1 Å². The van der Waals surface area contributed by atoms with Crippen LogP contribution in [0.25, 0.3) is 0 Å². The zero-order chi connectivity index (χ0) is 26.3. The Morgan fingerprint density at radius 1 is 1.19 bits per heavy atom. The highest BCUT2D eigenvalue weighted by Crippen LogP contribution is 2.46.